The molecule has 1 unspecified atom stereocenters. The molecule has 6 atom stereocenters. The van der Waals surface area contributed by atoms with Gasteiger partial charge in [0, 0.05) is 99.1 Å². The third kappa shape index (κ3) is 5.75. The van der Waals surface area contributed by atoms with Crippen LogP contribution in [0.4, 0.5) is 0 Å². The largest absolute Gasteiger partial charge is 0.269 e. The van der Waals surface area contributed by atoms with Crippen LogP contribution in [0.2, 0.25) is 0 Å². The predicted octanol–water partition coefficient (Wildman–Crippen LogP) is 9.97. The van der Waals surface area contributed by atoms with Gasteiger partial charge in [0.05, 0.1) is 36.3 Å². The summed E-state index contributed by atoms with van der Waals surface area (Å²) < 4.78 is 0. The Morgan fingerprint density at radius 1 is 0.182 bits per heavy atom. The van der Waals surface area contributed by atoms with Crippen LogP contribution in [0.5, 0.6) is 0 Å². The highest BCUT2D eigenvalue weighted by atomic mass is 16.2. The summed E-state index contributed by atoms with van der Waals surface area (Å²) in [5.41, 5.74) is 1.44. The molecule has 30 bridgehead atoms. The van der Waals surface area contributed by atoms with E-state index in [1.54, 1.807) is 24.3 Å². The summed E-state index contributed by atoms with van der Waals surface area (Å²) in [5, 5.41) is 5.36. The summed E-state index contributed by atoms with van der Waals surface area (Å²) in [7, 11) is 0. The zero-order valence-electron chi connectivity index (χ0n) is 46.8. The molecule has 0 spiro atoms. The van der Waals surface area contributed by atoms with Crippen molar-refractivity contribution in [1.82, 2.24) is 29.4 Å². The maximum atomic E-state index is 15.4. The number of rotatable bonds is 0. The van der Waals surface area contributed by atoms with Gasteiger partial charge in [0.2, 0.25) is 0 Å². The number of nitrogens with zero attached hydrogens (tertiary/aromatic N) is 6. The van der Waals surface area contributed by atoms with E-state index in [1.165, 1.54) is 58.3 Å². The Labute approximate surface area is 497 Å². The maximum Gasteiger partial charge on any atom is 0.261 e. The third-order valence-corrected chi connectivity index (χ3v) is 21.7. The predicted molar refractivity (Wildman–Crippen MR) is 317 cm³/mol. The number of amides is 12. The Kier molecular flexibility index (Phi) is 9.51. The zero-order chi connectivity index (χ0) is 59.5. The second kappa shape index (κ2) is 16.8. The molecule has 12 amide bonds. The second-order valence-corrected chi connectivity index (χ2v) is 25.4. The van der Waals surface area contributed by atoms with E-state index in [4.69, 9.17) is 0 Å². The van der Waals surface area contributed by atoms with Crippen molar-refractivity contribution in [2.24, 2.45) is 0 Å². The molecule has 9 aromatic carbocycles. The first kappa shape index (κ1) is 49.9. The molecule has 88 heavy (non-hydrogen) atoms. The van der Waals surface area contributed by atoms with E-state index in [2.05, 4.69) is 0 Å². The molecule has 0 N–H and O–H groups in total. The Morgan fingerprint density at radius 3 is 0.455 bits per heavy atom. The minimum atomic E-state index is -1.02. The SMILES string of the molecule is O=C1c2ccc3c4ccc5c6c7ccc(c8ccc(c2c38)C(=O)N1C1CCCC[C@@H]1N1C(=O)c2ccc3c8c(ccc(c28)C1=O)C(=O)N(C3=O)[C@H]1CCCC[C@@H]1N1C(=O)c2ccc3c8c(ccc(c28)C1=O)C(=O)N(C3=O)[C@H]1CCCC[C@@H]1N(C5=O)C7=O)c64. The third-order valence-electron chi connectivity index (χ3n) is 21.7. The van der Waals surface area contributed by atoms with Crippen LogP contribution >= 0.6 is 0 Å². The van der Waals surface area contributed by atoms with Gasteiger partial charge in [0.1, 0.15) is 0 Å². The van der Waals surface area contributed by atoms with E-state index in [1.807, 2.05) is 24.3 Å². The van der Waals surface area contributed by atoms with Crippen molar-refractivity contribution in [3.8, 4) is 0 Å². The maximum absolute atomic E-state index is 15.4. The molecule has 32 heterocycles. The minimum Gasteiger partial charge on any atom is -0.269 e. The topological polar surface area (TPSA) is 224 Å². The molecule has 44 rings (SSSR count). The molecule has 3 fully saturated rings. The smallest absolute Gasteiger partial charge is 0.261 e. The lowest BCUT2D eigenvalue weighted by Gasteiger charge is -2.46. The van der Waals surface area contributed by atoms with Crippen molar-refractivity contribution in [3.63, 3.8) is 0 Å². The summed E-state index contributed by atoms with van der Waals surface area (Å²) in [4.78, 5) is 190. The summed E-state index contributed by atoms with van der Waals surface area (Å²) in [6, 6.07) is 20.0. The van der Waals surface area contributed by atoms with Gasteiger partial charge in [-0.1, -0.05) is 62.8 Å². The van der Waals surface area contributed by atoms with Gasteiger partial charge in [-0.3, -0.25) is 86.9 Å². The highest BCUT2D eigenvalue weighted by molar-refractivity contribution is 6.42. The Morgan fingerprint density at radius 2 is 0.307 bits per heavy atom. The number of hydrogen-bond donors (Lipinski definition) is 0. The molecule has 18 nitrogen and oxygen atoms in total. The van der Waals surface area contributed by atoms with Crippen molar-refractivity contribution in [1.29, 1.82) is 0 Å². The molecule has 0 radical (unpaired) electrons. The van der Waals surface area contributed by atoms with Gasteiger partial charge < -0.3 is 0 Å². The van der Waals surface area contributed by atoms with Crippen LogP contribution in [0.3, 0.4) is 0 Å². The van der Waals surface area contributed by atoms with Crippen molar-refractivity contribution in [3.05, 3.63) is 164 Å². The molecule has 0 aromatic heterocycles. The average molecular weight is 1160 g/mol. The van der Waals surface area contributed by atoms with Gasteiger partial charge >= 0.3 is 0 Å². The summed E-state index contributed by atoms with van der Waals surface area (Å²) in [6.45, 7) is 0. The second-order valence-electron chi connectivity index (χ2n) is 25.4. The highest BCUT2D eigenvalue weighted by Gasteiger charge is 2.54. The van der Waals surface area contributed by atoms with Crippen LogP contribution < -0.4 is 0 Å². The van der Waals surface area contributed by atoms with E-state index in [-0.39, 0.29) is 114 Å². The molecular formula is C70H46N6O12. The first-order chi connectivity index (χ1) is 42.7. The molecule has 18 heteroatoms. The lowest BCUT2D eigenvalue weighted by Crippen LogP contribution is -2.61. The van der Waals surface area contributed by atoms with E-state index >= 15 is 57.5 Å². The fraction of sp³-hybridized carbons (Fsp3) is 0.257. The normalized spacial score (nSPS) is 24.6. The van der Waals surface area contributed by atoms with Gasteiger partial charge in [-0.05, 0) is 144 Å². The van der Waals surface area contributed by atoms with Gasteiger partial charge in [-0.25, -0.2) is 0 Å². The van der Waals surface area contributed by atoms with Crippen molar-refractivity contribution in [2.45, 2.75) is 113 Å². The van der Waals surface area contributed by atoms with E-state index in [9.17, 15) is 0 Å². The Balaban J connectivity index is 0.808. The molecule has 428 valence electrons. The first-order valence-electron chi connectivity index (χ1n) is 30.4. The number of carbonyl (C=O) groups is 12. The Hall–Kier alpha value is -10.4. The molecule has 9 aromatic rings. The average Bonchev–Trinajstić information content (AvgIpc) is 0.728. The van der Waals surface area contributed by atoms with Crippen molar-refractivity contribution < 1.29 is 57.5 Å². The molecule has 3 saturated carbocycles. The van der Waals surface area contributed by atoms with E-state index < -0.39 is 107 Å². The van der Waals surface area contributed by atoms with Gasteiger partial charge in [0.25, 0.3) is 70.9 Å². The standard InChI is InChI=1S/C70H46N6O12/c77-59-33-17-13-29-31-15-19-35-54-36-20-16-32(52(31)54)30-14-18-34(53(33)51(29)30)60(78)71(59)45-7-1-3-9-47(45)73-63(81)37-21-25-41-57-42(26-22-38(55(37)57)64(73)82)68(86)75(67(41)85)49-11-5-6-12-50(49)76-69(87)43-27-23-39-56-40(24-28-44(58(43)56)70(76)88)66(84)74(65(39)83)48-10-4-2-8-46(48)72(61(35)79)62(36)80/h13-28,45-50H,1-12H2/t45-,46?,47-,48-,49-,50-/m0/s1. The molecule has 0 saturated heterocycles. The van der Waals surface area contributed by atoms with Crippen molar-refractivity contribution >= 4 is 136 Å². The molecule has 32 aliphatic heterocycles. The van der Waals surface area contributed by atoms with E-state index in [0.717, 1.165) is 19.6 Å². The van der Waals surface area contributed by atoms with Gasteiger partial charge in [-0.15, -0.1) is 0 Å². The van der Waals surface area contributed by atoms with Gasteiger partial charge in [0.15, 0.2) is 0 Å². The van der Waals surface area contributed by atoms with Crippen LogP contribution in [0, 0.1) is 0 Å². The minimum absolute atomic E-state index is 0.0474. The molecular weight excluding hydrogens is 1120 g/mol. The lowest BCUT2D eigenvalue weighted by atomic mass is 9.79. The number of carbonyl (C=O) groups excluding carboxylic acids is 12. The van der Waals surface area contributed by atoms with Crippen LogP contribution in [0.15, 0.2) is 97.1 Å². The van der Waals surface area contributed by atoms with Crippen LogP contribution in [-0.4, -0.2) is 137 Å². The summed E-state index contributed by atoms with van der Waals surface area (Å²) >= 11 is 0. The lowest BCUT2D eigenvalue weighted by molar-refractivity contribution is 0.0236. The monoisotopic (exact) mass is 1160 g/mol. The van der Waals surface area contributed by atoms with Crippen LogP contribution in [0.1, 0.15) is 201 Å². The zero-order valence-corrected chi connectivity index (χ0v) is 46.8. The number of imide groups is 6. The summed E-state index contributed by atoms with van der Waals surface area (Å²) in [5.74, 6) is -8.12. The molecule has 35 aliphatic rings. The summed E-state index contributed by atoms with van der Waals surface area (Å²) in [6.07, 6.45) is 5.02. The quantitative estimate of drug-likeness (QED) is 0.0786. The number of hydrogen-bond acceptors (Lipinski definition) is 12. The Bertz CT molecular complexity index is 4560. The van der Waals surface area contributed by atoms with Crippen molar-refractivity contribution in [2.75, 3.05) is 0 Å². The fourth-order valence-electron chi connectivity index (χ4n) is 18.0. The fourth-order valence-corrected chi connectivity index (χ4v) is 18.0. The van der Waals surface area contributed by atoms with Gasteiger partial charge in [-0.2, -0.15) is 0 Å². The first-order valence-corrected chi connectivity index (χ1v) is 30.4. The van der Waals surface area contributed by atoms with Crippen LogP contribution in [0.25, 0.3) is 64.6 Å². The number of benzene rings is 9. The van der Waals surface area contributed by atoms with Crippen LogP contribution in [-0.2, 0) is 0 Å². The molecule has 3 aliphatic carbocycles. The van der Waals surface area contributed by atoms with E-state index in [0.29, 0.717) is 94.5 Å². The highest BCUT2D eigenvalue weighted by Crippen LogP contribution is 2.50.